The summed E-state index contributed by atoms with van der Waals surface area (Å²) in [6.45, 7) is 4.56. The third kappa shape index (κ3) is 5.17. The molecule has 0 radical (unpaired) electrons. The summed E-state index contributed by atoms with van der Waals surface area (Å²) < 4.78 is 5.56. The molecule has 1 unspecified atom stereocenters. The monoisotopic (exact) mass is 443 g/mol. The van der Waals surface area contributed by atoms with Gasteiger partial charge in [0.25, 0.3) is 0 Å². The molecule has 170 valence electrons. The minimum atomic E-state index is -0.559. The number of carbonyl (C=O) groups excluding carboxylic acids is 2. The molecule has 1 N–H and O–H groups in total. The van der Waals surface area contributed by atoms with E-state index in [-0.39, 0.29) is 12.3 Å². The highest BCUT2D eigenvalue weighted by molar-refractivity contribution is 5.97. The van der Waals surface area contributed by atoms with Gasteiger partial charge in [-0.15, -0.1) is 0 Å². The summed E-state index contributed by atoms with van der Waals surface area (Å²) in [5, 5.41) is 2.76. The molecule has 1 aliphatic rings. The Morgan fingerprint density at radius 3 is 2.30 bits per heavy atom. The highest BCUT2D eigenvalue weighted by atomic mass is 16.6. The van der Waals surface area contributed by atoms with Gasteiger partial charge < -0.3 is 14.5 Å². The Balaban J connectivity index is 1.35. The highest BCUT2D eigenvalue weighted by Gasteiger charge is 2.34. The third-order valence-corrected chi connectivity index (χ3v) is 5.86. The smallest absolute Gasteiger partial charge is 0.411 e. The van der Waals surface area contributed by atoms with Crippen molar-refractivity contribution in [2.24, 2.45) is 0 Å². The Morgan fingerprint density at radius 2 is 1.61 bits per heavy atom. The summed E-state index contributed by atoms with van der Waals surface area (Å²) in [6, 6.07) is 25.5. The first kappa shape index (κ1) is 22.4. The van der Waals surface area contributed by atoms with Gasteiger partial charge in [-0.05, 0) is 53.9 Å². The number of hydrogen-bond donors (Lipinski definition) is 1. The van der Waals surface area contributed by atoms with Gasteiger partial charge in [0.1, 0.15) is 6.10 Å². The molecule has 0 bridgehead atoms. The van der Waals surface area contributed by atoms with Crippen LogP contribution in [-0.2, 0) is 9.53 Å². The van der Waals surface area contributed by atoms with E-state index in [4.69, 9.17) is 4.74 Å². The van der Waals surface area contributed by atoms with E-state index < -0.39 is 12.2 Å². The quantitative estimate of drug-likeness (QED) is 0.513. The number of nitrogens with one attached hydrogen (secondary N) is 1. The van der Waals surface area contributed by atoms with Crippen LogP contribution < -0.4 is 15.1 Å². The van der Waals surface area contributed by atoms with Crippen LogP contribution in [0.1, 0.15) is 31.7 Å². The number of rotatable bonds is 6. The van der Waals surface area contributed by atoms with E-state index in [1.807, 2.05) is 85.9 Å². The predicted molar refractivity (Wildman–Crippen MR) is 132 cm³/mol. The van der Waals surface area contributed by atoms with Crippen LogP contribution in [0.25, 0.3) is 0 Å². The Kier molecular flexibility index (Phi) is 6.63. The minimum Gasteiger partial charge on any atom is -0.444 e. The molecule has 0 spiro atoms. The zero-order valence-corrected chi connectivity index (χ0v) is 19.2. The van der Waals surface area contributed by atoms with Gasteiger partial charge in [0.2, 0.25) is 5.91 Å². The maximum atomic E-state index is 12.6. The van der Waals surface area contributed by atoms with Crippen LogP contribution in [0.15, 0.2) is 78.9 Å². The van der Waals surface area contributed by atoms with Gasteiger partial charge in [-0.2, -0.15) is 0 Å². The fourth-order valence-corrected chi connectivity index (χ4v) is 4.08. The highest BCUT2D eigenvalue weighted by Crippen LogP contribution is 2.31. The standard InChI is InChI=1S/C27H29N3O3/c1-19(2)24-11-7-8-12-25(24)30-18-23(17-26(30)31)33-27(32)28-20-13-15-22(16-14-20)29(3)21-9-5-4-6-10-21/h4-16,19,23H,17-18H2,1-3H3,(H,28,32). The van der Waals surface area contributed by atoms with Gasteiger partial charge in [-0.3, -0.25) is 10.1 Å². The van der Waals surface area contributed by atoms with Crippen molar-refractivity contribution in [3.8, 4) is 0 Å². The molecule has 0 aliphatic carbocycles. The summed E-state index contributed by atoms with van der Waals surface area (Å²) in [5.41, 5.74) is 4.71. The molecule has 6 heteroatoms. The Bertz CT molecular complexity index is 1110. The lowest BCUT2D eigenvalue weighted by Gasteiger charge is -2.22. The molecule has 4 rings (SSSR count). The van der Waals surface area contributed by atoms with Gasteiger partial charge in [0.05, 0.1) is 13.0 Å². The summed E-state index contributed by atoms with van der Waals surface area (Å²) in [5.74, 6) is 0.260. The largest absolute Gasteiger partial charge is 0.444 e. The normalized spacial score (nSPS) is 15.6. The topological polar surface area (TPSA) is 61.9 Å². The van der Waals surface area contributed by atoms with Crippen molar-refractivity contribution in [2.45, 2.75) is 32.3 Å². The van der Waals surface area contributed by atoms with E-state index in [0.717, 1.165) is 22.6 Å². The number of hydrogen-bond acceptors (Lipinski definition) is 4. The van der Waals surface area contributed by atoms with E-state index in [1.54, 1.807) is 4.90 Å². The second-order valence-electron chi connectivity index (χ2n) is 8.52. The Morgan fingerprint density at radius 1 is 0.970 bits per heavy atom. The van der Waals surface area contributed by atoms with Crippen LogP contribution in [0.2, 0.25) is 0 Å². The Labute approximate surface area is 194 Å². The van der Waals surface area contributed by atoms with Crippen LogP contribution in [-0.4, -0.2) is 31.7 Å². The number of carbonyl (C=O) groups is 2. The SMILES string of the molecule is CC(C)c1ccccc1N1CC(OC(=O)Nc2ccc(N(C)c3ccccc3)cc2)CC1=O. The zero-order valence-electron chi connectivity index (χ0n) is 19.2. The summed E-state index contributed by atoms with van der Waals surface area (Å²) in [4.78, 5) is 28.9. The average Bonchev–Trinajstić information content (AvgIpc) is 3.19. The van der Waals surface area contributed by atoms with Gasteiger partial charge >= 0.3 is 6.09 Å². The van der Waals surface area contributed by atoms with Crippen molar-refractivity contribution in [3.63, 3.8) is 0 Å². The molecular formula is C27H29N3O3. The molecule has 0 saturated carbocycles. The van der Waals surface area contributed by atoms with E-state index >= 15 is 0 Å². The lowest BCUT2D eigenvalue weighted by atomic mass is 10.0. The second kappa shape index (κ2) is 9.77. The minimum absolute atomic E-state index is 0.0331. The molecule has 1 fully saturated rings. The van der Waals surface area contributed by atoms with Crippen molar-refractivity contribution in [2.75, 3.05) is 28.7 Å². The van der Waals surface area contributed by atoms with E-state index in [2.05, 4.69) is 24.1 Å². The predicted octanol–water partition coefficient (Wildman–Crippen LogP) is 5.93. The van der Waals surface area contributed by atoms with Crippen LogP contribution in [0.3, 0.4) is 0 Å². The first-order chi connectivity index (χ1) is 15.9. The number of amides is 2. The lowest BCUT2D eigenvalue weighted by molar-refractivity contribution is -0.117. The maximum absolute atomic E-state index is 12.6. The van der Waals surface area contributed by atoms with Crippen LogP contribution >= 0.6 is 0 Å². The van der Waals surface area contributed by atoms with Crippen molar-refractivity contribution < 1.29 is 14.3 Å². The fraction of sp³-hybridized carbons (Fsp3) is 0.259. The van der Waals surface area contributed by atoms with E-state index in [1.165, 1.54) is 0 Å². The van der Waals surface area contributed by atoms with E-state index in [0.29, 0.717) is 18.2 Å². The molecule has 1 atom stereocenters. The number of ether oxygens (including phenoxy) is 1. The fourth-order valence-electron chi connectivity index (χ4n) is 4.08. The second-order valence-corrected chi connectivity index (χ2v) is 8.52. The molecule has 0 aromatic heterocycles. The van der Waals surface area contributed by atoms with Gasteiger partial charge in [0, 0.05) is 29.8 Å². The molecule has 6 nitrogen and oxygen atoms in total. The third-order valence-electron chi connectivity index (χ3n) is 5.86. The molecule has 3 aromatic rings. The molecule has 2 amide bonds. The van der Waals surface area contributed by atoms with Crippen molar-refractivity contribution in [1.82, 2.24) is 0 Å². The summed E-state index contributed by atoms with van der Waals surface area (Å²) in [6.07, 6.45) is -0.863. The van der Waals surface area contributed by atoms with Gasteiger partial charge in [-0.1, -0.05) is 50.2 Å². The number of para-hydroxylation sites is 2. The lowest BCUT2D eigenvalue weighted by Crippen LogP contribution is -2.28. The average molecular weight is 444 g/mol. The molecule has 1 aliphatic heterocycles. The van der Waals surface area contributed by atoms with Crippen LogP contribution in [0.4, 0.5) is 27.5 Å². The van der Waals surface area contributed by atoms with Crippen LogP contribution in [0.5, 0.6) is 0 Å². The number of benzene rings is 3. The zero-order chi connectivity index (χ0) is 23.4. The molecule has 1 heterocycles. The molecule has 33 heavy (non-hydrogen) atoms. The van der Waals surface area contributed by atoms with E-state index in [9.17, 15) is 9.59 Å². The van der Waals surface area contributed by atoms with Gasteiger partial charge in [-0.25, -0.2) is 4.79 Å². The molecule has 3 aromatic carbocycles. The summed E-state index contributed by atoms with van der Waals surface area (Å²) >= 11 is 0. The Hall–Kier alpha value is -3.80. The maximum Gasteiger partial charge on any atom is 0.411 e. The van der Waals surface area contributed by atoms with Crippen molar-refractivity contribution in [3.05, 3.63) is 84.4 Å². The van der Waals surface area contributed by atoms with Crippen molar-refractivity contribution >= 4 is 34.7 Å². The molecular weight excluding hydrogens is 414 g/mol. The molecule has 1 saturated heterocycles. The first-order valence-corrected chi connectivity index (χ1v) is 11.2. The first-order valence-electron chi connectivity index (χ1n) is 11.2. The number of anilines is 4. The van der Waals surface area contributed by atoms with Crippen molar-refractivity contribution in [1.29, 1.82) is 0 Å². The van der Waals surface area contributed by atoms with Gasteiger partial charge in [0.15, 0.2) is 0 Å². The number of nitrogens with zero attached hydrogens (tertiary/aromatic N) is 2. The van der Waals surface area contributed by atoms with Crippen LogP contribution in [0, 0.1) is 0 Å². The summed E-state index contributed by atoms with van der Waals surface area (Å²) in [7, 11) is 1.99.